The Labute approximate surface area is 185 Å². The summed E-state index contributed by atoms with van der Waals surface area (Å²) in [5.41, 5.74) is 3.75. The van der Waals surface area contributed by atoms with Gasteiger partial charge in [-0.05, 0) is 62.1 Å². The summed E-state index contributed by atoms with van der Waals surface area (Å²) in [7, 11) is 0. The highest BCUT2D eigenvalue weighted by molar-refractivity contribution is 7.13. The number of aromatic nitrogens is 2. The topological polar surface area (TPSA) is 87.2 Å². The molecule has 3 amide bonds. The van der Waals surface area contributed by atoms with Crippen LogP contribution in [0.3, 0.4) is 0 Å². The number of aryl methyl sites for hydroxylation is 2. The molecular formula is C23H25N5O2S. The Morgan fingerprint density at radius 1 is 1.00 bits per heavy atom. The molecule has 4 rings (SSSR count). The van der Waals surface area contributed by atoms with E-state index in [9.17, 15) is 9.59 Å². The van der Waals surface area contributed by atoms with Crippen molar-refractivity contribution in [1.29, 1.82) is 0 Å². The van der Waals surface area contributed by atoms with Crippen LogP contribution < -0.4 is 10.6 Å². The van der Waals surface area contributed by atoms with Gasteiger partial charge in [0.15, 0.2) is 0 Å². The summed E-state index contributed by atoms with van der Waals surface area (Å²) in [5, 5.41) is 15.3. The molecule has 0 unspecified atom stereocenters. The number of hydrogen-bond acceptors (Lipinski definition) is 5. The van der Waals surface area contributed by atoms with Crippen molar-refractivity contribution in [3.05, 3.63) is 69.7 Å². The van der Waals surface area contributed by atoms with Crippen LogP contribution in [0.2, 0.25) is 0 Å². The molecule has 1 aromatic heterocycles. The van der Waals surface area contributed by atoms with Crippen molar-refractivity contribution in [3.8, 4) is 0 Å². The van der Waals surface area contributed by atoms with Crippen LogP contribution in [0.15, 0.2) is 48.5 Å². The van der Waals surface area contributed by atoms with Crippen molar-refractivity contribution >= 4 is 34.6 Å². The minimum absolute atomic E-state index is 0.0783. The van der Waals surface area contributed by atoms with Crippen LogP contribution in [0.25, 0.3) is 0 Å². The first-order valence-electron chi connectivity index (χ1n) is 10.3. The number of nitrogens with one attached hydrogen (secondary N) is 2. The maximum atomic E-state index is 12.8. The maximum absolute atomic E-state index is 12.8. The average Bonchev–Trinajstić information content (AvgIpc) is 3.24. The van der Waals surface area contributed by atoms with Crippen molar-refractivity contribution in [2.45, 2.75) is 32.6 Å². The van der Waals surface area contributed by atoms with Gasteiger partial charge in [0, 0.05) is 30.4 Å². The molecule has 1 fully saturated rings. The van der Waals surface area contributed by atoms with Crippen LogP contribution in [0.1, 0.15) is 44.7 Å². The number of anilines is 2. The normalized spacial score (nSPS) is 16.1. The van der Waals surface area contributed by atoms with E-state index in [1.807, 2.05) is 61.2 Å². The molecule has 0 aliphatic carbocycles. The van der Waals surface area contributed by atoms with Crippen LogP contribution in [0.5, 0.6) is 0 Å². The van der Waals surface area contributed by atoms with Crippen molar-refractivity contribution in [2.75, 3.05) is 23.7 Å². The summed E-state index contributed by atoms with van der Waals surface area (Å²) in [6.07, 6.45) is 1.80. The fourth-order valence-corrected chi connectivity index (χ4v) is 4.67. The van der Waals surface area contributed by atoms with Gasteiger partial charge in [0.05, 0.1) is 0 Å². The Morgan fingerprint density at radius 2 is 1.74 bits per heavy atom. The van der Waals surface area contributed by atoms with E-state index in [1.54, 1.807) is 0 Å². The third kappa shape index (κ3) is 5.27. The van der Waals surface area contributed by atoms with E-state index < -0.39 is 0 Å². The number of carbonyl (C=O) groups excluding carboxylic acids is 2. The second-order valence-corrected chi connectivity index (χ2v) is 8.87. The summed E-state index contributed by atoms with van der Waals surface area (Å²) >= 11 is 1.30. The highest BCUT2D eigenvalue weighted by atomic mass is 32.1. The molecule has 1 aliphatic heterocycles. The molecule has 0 radical (unpaired) electrons. The van der Waals surface area contributed by atoms with Gasteiger partial charge in [-0.3, -0.25) is 4.79 Å². The molecule has 0 spiro atoms. The van der Waals surface area contributed by atoms with Crippen LogP contribution >= 0.6 is 11.3 Å². The number of likely N-dealkylation sites (tertiary alicyclic amines) is 1. The Kier molecular flexibility index (Phi) is 6.27. The average molecular weight is 436 g/mol. The van der Waals surface area contributed by atoms with Crippen LogP contribution in [-0.4, -0.2) is 40.1 Å². The van der Waals surface area contributed by atoms with Gasteiger partial charge in [0.2, 0.25) is 5.01 Å². The Balaban J connectivity index is 1.39. The van der Waals surface area contributed by atoms with Gasteiger partial charge in [-0.2, -0.15) is 0 Å². The number of amides is 3. The molecule has 1 saturated heterocycles. The summed E-state index contributed by atoms with van der Waals surface area (Å²) in [5.74, 6) is -0.190. The SMILES string of the molecule is Cc1cc(C)cc(NC(=O)N2CCC[C@H](c3nnc(C(=O)Nc4ccccc4)s3)C2)c1. The fraction of sp³-hybridized carbons (Fsp3) is 0.304. The number of carbonyl (C=O) groups is 2. The molecule has 1 aliphatic rings. The summed E-state index contributed by atoms with van der Waals surface area (Å²) < 4.78 is 0. The zero-order valence-corrected chi connectivity index (χ0v) is 18.4. The number of urea groups is 1. The van der Waals surface area contributed by atoms with E-state index in [4.69, 9.17) is 0 Å². The summed E-state index contributed by atoms with van der Waals surface area (Å²) in [4.78, 5) is 27.1. The van der Waals surface area contributed by atoms with Crippen molar-refractivity contribution in [3.63, 3.8) is 0 Å². The molecule has 2 aromatic carbocycles. The smallest absolute Gasteiger partial charge is 0.321 e. The number of piperidine rings is 1. The lowest BCUT2D eigenvalue weighted by atomic mass is 9.99. The highest BCUT2D eigenvalue weighted by Gasteiger charge is 2.28. The zero-order chi connectivity index (χ0) is 21.8. The van der Waals surface area contributed by atoms with Crippen molar-refractivity contribution in [1.82, 2.24) is 15.1 Å². The van der Waals surface area contributed by atoms with Gasteiger partial charge in [-0.25, -0.2) is 4.79 Å². The fourth-order valence-electron chi connectivity index (χ4n) is 3.81. The zero-order valence-electron chi connectivity index (χ0n) is 17.6. The van der Waals surface area contributed by atoms with E-state index in [0.717, 1.165) is 40.4 Å². The van der Waals surface area contributed by atoms with Gasteiger partial charge < -0.3 is 15.5 Å². The first-order valence-corrected chi connectivity index (χ1v) is 11.1. The second kappa shape index (κ2) is 9.26. The number of benzene rings is 2. The van der Waals surface area contributed by atoms with E-state index in [2.05, 4.69) is 26.9 Å². The van der Waals surface area contributed by atoms with Crippen LogP contribution in [-0.2, 0) is 0 Å². The molecule has 7 nitrogen and oxygen atoms in total. The monoisotopic (exact) mass is 435 g/mol. The third-order valence-corrected chi connectivity index (χ3v) is 6.28. The van der Waals surface area contributed by atoms with Crippen molar-refractivity contribution in [2.24, 2.45) is 0 Å². The molecule has 31 heavy (non-hydrogen) atoms. The minimum atomic E-state index is -0.268. The molecule has 2 heterocycles. The van der Waals surface area contributed by atoms with Crippen LogP contribution in [0.4, 0.5) is 16.2 Å². The first-order chi connectivity index (χ1) is 15.0. The van der Waals surface area contributed by atoms with E-state index in [0.29, 0.717) is 18.1 Å². The lowest BCUT2D eigenvalue weighted by Gasteiger charge is -2.31. The molecule has 1 atom stereocenters. The number of para-hydroxylation sites is 1. The second-order valence-electron chi connectivity index (χ2n) is 7.86. The van der Waals surface area contributed by atoms with Gasteiger partial charge in [0.1, 0.15) is 5.01 Å². The predicted octanol–water partition coefficient (Wildman–Crippen LogP) is 4.82. The predicted molar refractivity (Wildman–Crippen MR) is 123 cm³/mol. The molecule has 0 saturated carbocycles. The third-order valence-electron chi connectivity index (χ3n) is 5.20. The Morgan fingerprint density at radius 3 is 2.48 bits per heavy atom. The minimum Gasteiger partial charge on any atom is -0.324 e. The number of nitrogens with zero attached hydrogens (tertiary/aromatic N) is 3. The van der Waals surface area contributed by atoms with Gasteiger partial charge in [-0.1, -0.05) is 35.6 Å². The van der Waals surface area contributed by atoms with Crippen molar-refractivity contribution < 1.29 is 9.59 Å². The van der Waals surface area contributed by atoms with Gasteiger partial charge in [0.25, 0.3) is 5.91 Å². The largest absolute Gasteiger partial charge is 0.324 e. The van der Waals surface area contributed by atoms with E-state index in [1.165, 1.54) is 11.3 Å². The summed E-state index contributed by atoms with van der Waals surface area (Å²) in [6.45, 7) is 5.29. The number of hydrogen-bond donors (Lipinski definition) is 2. The first kappa shape index (κ1) is 21.0. The standard InChI is InChI=1S/C23H25N5O2S/c1-15-11-16(2)13-19(12-15)25-23(30)28-10-6-7-17(14-28)21-26-27-22(31-21)20(29)24-18-8-4-3-5-9-18/h3-5,8-9,11-13,17H,6-7,10,14H2,1-2H3,(H,24,29)(H,25,30)/t17-/m0/s1. The Bertz CT molecular complexity index is 1060. The maximum Gasteiger partial charge on any atom is 0.321 e. The molecule has 0 bridgehead atoms. The molecule has 160 valence electrons. The lowest BCUT2D eigenvalue weighted by Crippen LogP contribution is -2.41. The number of rotatable bonds is 4. The van der Waals surface area contributed by atoms with Crippen LogP contribution in [0, 0.1) is 13.8 Å². The quantitative estimate of drug-likeness (QED) is 0.615. The molecular weight excluding hydrogens is 410 g/mol. The Hall–Kier alpha value is -3.26. The highest BCUT2D eigenvalue weighted by Crippen LogP contribution is 2.30. The van der Waals surface area contributed by atoms with Gasteiger partial charge in [-0.15, -0.1) is 10.2 Å². The van der Waals surface area contributed by atoms with E-state index >= 15 is 0 Å². The lowest BCUT2D eigenvalue weighted by molar-refractivity contribution is 0.102. The van der Waals surface area contributed by atoms with Gasteiger partial charge >= 0.3 is 6.03 Å². The molecule has 3 aromatic rings. The van der Waals surface area contributed by atoms with E-state index in [-0.39, 0.29) is 17.9 Å². The summed E-state index contributed by atoms with van der Waals surface area (Å²) in [6, 6.07) is 15.2. The molecule has 2 N–H and O–H groups in total. The molecule has 8 heteroatoms.